The Kier molecular flexibility index (Phi) is 6.91. The molecule has 1 aromatic carbocycles. The maximum atomic E-state index is 11.6. The summed E-state index contributed by atoms with van der Waals surface area (Å²) in [5.74, 6) is 1.66. The number of nitrogens with one attached hydrogen (secondary N) is 1. The fraction of sp³-hybridized carbons (Fsp3) is 0.588. The van der Waals surface area contributed by atoms with Crippen molar-refractivity contribution in [2.75, 3.05) is 36.0 Å². The van der Waals surface area contributed by atoms with Crippen molar-refractivity contribution in [2.45, 2.75) is 26.2 Å². The van der Waals surface area contributed by atoms with E-state index in [4.69, 9.17) is 4.99 Å². The Morgan fingerprint density at radius 1 is 1.38 bits per heavy atom. The summed E-state index contributed by atoms with van der Waals surface area (Å²) in [6.07, 6.45) is 2.80. The Hall–Kier alpha value is -0.830. The number of hydrogen-bond acceptors (Lipinski definition) is 3. The van der Waals surface area contributed by atoms with Gasteiger partial charge < -0.3 is 10.2 Å². The second kappa shape index (κ2) is 8.51. The number of hydrogen-bond donors (Lipinski definition) is 1. The van der Waals surface area contributed by atoms with Crippen LogP contribution in [0, 0.1) is 5.92 Å². The van der Waals surface area contributed by atoms with E-state index in [0.29, 0.717) is 12.3 Å². The van der Waals surface area contributed by atoms with E-state index >= 15 is 0 Å². The van der Waals surface area contributed by atoms with Gasteiger partial charge in [-0.25, -0.2) is 8.42 Å². The van der Waals surface area contributed by atoms with Crippen molar-refractivity contribution < 1.29 is 8.42 Å². The molecule has 7 heteroatoms. The minimum atomic E-state index is -2.83. The van der Waals surface area contributed by atoms with Gasteiger partial charge in [-0.15, -0.1) is 24.0 Å². The van der Waals surface area contributed by atoms with Gasteiger partial charge in [0.2, 0.25) is 0 Å². The third-order valence-corrected chi connectivity index (χ3v) is 6.34. The predicted molar refractivity (Wildman–Crippen MR) is 110 cm³/mol. The van der Waals surface area contributed by atoms with E-state index in [2.05, 4.69) is 41.4 Å². The zero-order chi connectivity index (χ0) is 16.3. The molecule has 0 bridgehead atoms. The van der Waals surface area contributed by atoms with Crippen LogP contribution in [0.15, 0.2) is 29.3 Å². The standard InChI is InChI=1S/C17H25N3O2S.HI/c1-2-9-18-17(19-12-14-8-11-23(21,22)13-14)20-10-7-15-5-3-4-6-16(15)20;/h3-6,14H,2,7-13H2,1H3,(H,18,19);1H. The van der Waals surface area contributed by atoms with E-state index in [1.165, 1.54) is 11.3 Å². The van der Waals surface area contributed by atoms with Gasteiger partial charge in [0.1, 0.15) is 0 Å². The van der Waals surface area contributed by atoms with Crippen LogP contribution in [0.1, 0.15) is 25.3 Å². The lowest BCUT2D eigenvalue weighted by Crippen LogP contribution is -2.41. The first kappa shape index (κ1) is 19.5. The van der Waals surface area contributed by atoms with Crippen LogP contribution in [-0.4, -0.2) is 45.5 Å². The molecule has 1 fully saturated rings. The average molecular weight is 463 g/mol. The van der Waals surface area contributed by atoms with Crippen molar-refractivity contribution in [3.05, 3.63) is 29.8 Å². The monoisotopic (exact) mass is 463 g/mol. The van der Waals surface area contributed by atoms with Crippen LogP contribution in [0.5, 0.6) is 0 Å². The van der Waals surface area contributed by atoms with Gasteiger partial charge >= 0.3 is 0 Å². The van der Waals surface area contributed by atoms with Crippen molar-refractivity contribution in [3.8, 4) is 0 Å². The second-order valence-corrected chi connectivity index (χ2v) is 8.62. The summed E-state index contributed by atoms with van der Waals surface area (Å²) >= 11 is 0. The molecule has 1 aromatic rings. The van der Waals surface area contributed by atoms with Crippen LogP contribution in [0.3, 0.4) is 0 Å². The lowest BCUT2D eigenvalue weighted by Gasteiger charge is -2.23. The maximum absolute atomic E-state index is 11.6. The summed E-state index contributed by atoms with van der Waals surface area (Å²) in [6, 6.07) is 8.42. The van der Waals surface area contributed by atoms with Crippen molar-refractivity contribution in [1.82, 2.24) is 5.32 Å². The van der Waals surface area contributed by atoms with Gasteiger partial charge in [-0.05, 0) is 36.8 Å². The predicted octanol–water partition coefficient (Wildman–Crippen LogP) is 2.46. The van der Waals surface area contributed by atoms with Gasteiger partial charge in [0, 0.05) is 25.3 Å². The molecule has 1 atom stereocenters. The molecule has 2 aliphatic heterocycles. The SMILES string of the molecule is CCCNC(=NCC1CCS(=O)(=O)C1)N1CCc2ccccc21.I. The molecule has 24 heavy (non-hydrogen) atoms. The highest BCUT2D eigenvalue weighted by atomic mass is 127. The number of aliphatic imine (C=N–C) groups is 1. The zero-order valence-electron chi connectivity index (χ0n) is 14.1. The number of rotatable bonds is 4. The summed E-state index contributed by atoms with van der Waals surface area (Å²) in [7, 11) is -2.83. The van der Waals surface area contributed by atoms with Crippen LogP contribution in [0.2, 0.25) is 0 Å². The first-order chi connectivity index (χ1) is 11.1. The van der Waals surface area contributed by atoms with Gasteiger partial charge in [0.15, 0.2) is 15.8 Å². The second-order valence-electron chi connectivity index (χ2n) is 6.39. The molecule has 5 nitrogen and oxygen atoms in total. The summed E-state index contributed by atoms with van der Waals surface area (Å²) in [5, 5.41) is 3.42. The molecule has 0 spiro atoms. The highest BCUT2D eigenvalue weighted by Crippen LogP contribution is 2.27. The largest absolute Gasteiger partial charge is 0.356 e. The third kappa shape index (κ3) is 4.62. The quantitative estimate of drug-likeness (QED) is 0.424. The number of para-hydroxylation sites is 1. The molecule has 2 aliphatic rings. The molecule has 0 aliphatic carbocycles. The molecule has 1 saturated heterocycles. The number of halogens is 1. The third-order valence-electron chi connectivity index (χ3n) is 4.50. The number of benzene rings is 1. The van der Waals surface area contributed by atoms with Crippen LogP contribution in [0.25, 0.3) is 0 Å². The van der Waals surface area contributed by atoms with Gasteiger partial charge in [0.05, 0.1) is 11.5 Å². The van der Waals surface area contributed by atoms with Crippen LogP contribution in [0.4, 0.5) is 5.69 Å². The molecule has 0 aromatic heterocycles. The summed E-state index contributed by atoms with van der Waals surface area (Å²) in [4.78, 5) is 6.99. The molecular formula is C17H26IN3O2S. The van der Waals surface area contributed by atoms with Crippen molar-refractivity contribution in [3.63, 3.8) is 0 Å². The normalized spacial score (nSPS) is 22.1. The van der Waals surface area contributed by atoms with Crippen molar-refractivity contribution >= 4 is 45.5 Å². The number of guanidine groups is 1. The number of sulfone groups is 1. The van der Waals surface area contributed by atoms with Gasteiger partial charge in [-0.1, -0.05) is 25.1 Å². The van der Waals surface area contributed by atoms with E-state index < -0.39 is 9.84 Å². The molecule has 3 rings (SSSR count). The van der Waals surface area contributed by atoms with Crippen molar-refractivity contribution in [2.24, 2.45) is 10.9 Å². The molecule has 0 amide bonds. The van der Waals surface area contributed by atoms with E-state index in [-0.39, 0.29) is 35.6 Å². The van der Waals surface area contributed by atoms with Crippen LogP contribution >= 0.6 is 24.0 Å². The average Bonchev–Trinajstić information content (AvgIpc) is 3.11. The highest BCUT2D eigenvalue weighted by molar-refractivity contribution is 14.0. The molecule has 1 N–H and O–H groups in total. The Labute approximate surface area is 161 Å². The fourth-order valence-corrected chi connectivity index (χ4v) is 5.11. The van der Waals surface area contributed by atoms with Gasteiger partial charge in [-0.3, -0.25) is 4.99 Å². The number of nitrogens with zero attached hydrogens (tertiary/aromatic N) is 2. The van der Waals surface area contributed by atoms with Gasteiger partial charge in [-0.2, -0.15) is 0 Å². The lowest BCUT2D eigenvalue weighted by molar-refractivity contribution is 0.590. The minimum Gasteiger partial charge on any atom is -0.356 e. The Bertz CT molecular complexity index is 691. The Morgan fingerprint density at radius 2 is 2.17 bits per heavy atom. The van der Waals surface area contributed by atoms with E-state index in [1.54, 1.807) is 0 Å². The number of fused-ring (bicyclic) bond motifs is 1. The fourth-order valence-electron chi connectivity index (χ4n) is 3.26. The maximum Gasteiger partial charge on any atom is 0.198 e. The molecular weight excluding hydrogens is 437 g/mol. The summed E-state index contributed by atoms with van der Waals surface area (Å²) in [6.45, 7) is 4.52. The smallest absolute Gasteiger partial charge is 0.198 e. The number of anilines is 1. The van der Waals surface area contributed by atoms with Crippen LogP contribution in [-0.2, 0) is 16.3 Å². The van der Waals surface area contributed by atoms with Crippen molar-refractivity contribution in [1.29, 1.82) is 0 Å². The van der Waals surface area contributed by atoms with Gasteiger partial charge in [0.25, 0.3) is 0 Å². The Morgan fingerprint density at radius 3 is 2.88 bits per heavy atom. The molecule has 2 heterocycles. The Balaban J connectivity index is 0.00000208. The topological polar surface area (TPSA) is 61.8 Å². The van der Waals surface area contributed by atoms with E-state index in [0.717, 1.165) is 38.3 Å². The summed E-state index contributed by atoms with van der Waals surface area (Å²) < 4.78 is 23.2. The van der Waals surface area contributed by atoms with Crippen LogP contribution < -0.4 is 10.2 Å². The molecule has 0 saturated carbocycles. The molecule has 1 unspecified atom stereocenters. The summed E-state index contributed by atoms with van der Waals surface area (Å²) in [5.41, 5.74) is 2.57. The molecule has 134 valence electrons. The minimum absolute atomic E-state index is 0. The zero-order valence-corrected chi connectivity index (χ0v) is 17.2. The first-order valence-corrected chi connectivity index (χ1v) is 10.3. The molecule has 0 radical (unpaired) electrons. The van der Waals surface area contributed by atoms with E-state index in [1.807, 2.05) is 0 Å². The lowest BCUT2D eigenvalue weighted by atomic mass is 10.1. The highest BCUT2D eigenvalue weighted by Gasteiger charge is 2.28. The van der Waals surface area contributed by atoms with E-state index in [9.17, 15) is 8.42 Å². The first-order valence-electron chi connectivity index (χ1n) is 8.43.